The molecule has 0 saturated carbocycles. The molecule has 40 valence electrons. The lowest BCUT2D eigenvalue weighted by Crippen LogP contribution is -1.50. The van der Waals surface area contributed by atoms with Crippen molar-refractivity contribution < 1.29 is 0 Å². The van der Waals surface area contributed by atoms with Crippen LogP contribution >= 0.6 is 18.9 Å². The highest BCUT2D eigenvalue weighted by molar-refractivity contribution is 7.52. The summed E-state index contributed by atoms with van der Waals surface area (Å²) < 4.78 is 0. The van der Waals surface area contributed by atoms with Crippen molar-refractivity contribution in [3.63, 3.8) is 0 Å². The Bertz CT molecular complexity index is 223. The number of hydrogen-bond donors (Lipinski definition) is 0. The molecule has 0 N–H and O–H groups in total. The van der Waals surface area contributed by atoms with Crippen LogP contribution in [0.25, 0.3) is 0 Å². The summed E-state index contributed by atoms with van der Waals surface area (Å²) in [7, 11) is -0.0567. The maximum Gasteiger partial charge on any atom is 0.167 e. The van der Waals surface area contributed by atoms with Crippen LogP contribution in [0.4, 0.5) is 0 Å². The number of nitriles is 1. The standard InChI is InChI=1S/C5H5NPS/c1-7-3-5(2-6)8-4-7/h3-4H,1H3/q+1. The summed E-state index contributed by atoms with van der Waals surface area (Å²) in [5.41, 5.74) is 0. The maximum atomic E-state index is 8.34. The fraction of sp³-hybridized carbons (Fsp3) is 0.200. The van der Waals surface area contributed by atoms with Gasteiger partial charge in [-0.3, -0.25) is 0 Å². The Hall–Kier alpha value is -0.380. The average Bonchev–Trinajstić information content (AvgIpc) is 2.14. The summed E-state index contributed by atoms with van der Waals surface area (Å²) in [6.45, 7) is 2.13. The van der Waals surface area contributed by atoms with Gasteiger partial charge >= 0.3 is 0 Å². The van der Waals surface area contributed by atoms with Gasteiger partial charge in [-0.15, -0.1) is 0 Å². The second kappa shape index (κ2) is 2.26. The van der Waals surface area contributed by atoms with Crippen LogP contribution in [0.2, 0.25) is 0 Å². The first-order chi connectivity index (χ1) is 3.83. The summed E-state index contributed by atoms with van der Waals surface area (Å²) in [4.78, 5) is 0.860. The van der Waals surface area contributed by atoms with Crippen molar-refractivity contribution >= 4 is 18.9 Å². The van der Waals surface area contributed by atoms with E-state index in [1.807, 2.05) is 5.80 Å². The zero-order chi connectivity index (χ0) is 5.98. The summed E-state index contributed by atoms with van der Waals surface area (Å²) in [5, 5.41) is 10.5. The van der Waals surface area contributed by atoms with Crippen LogP contribution in [-0.2, 0) is 6.66 Å². The van der Waals surface area contributed by atoms with Crippen molar-refractivity contribution in [1.29, 1.82) is 5.26 Å². The Labute approximate surface area is 53.3 Å². The highest BCUT2D eigenvalue weighted by atomic mass is 32.1. The Morgan fingerprint density at radius 1 is 1.88 bits per heavy atom. The molecule has 0 saturated heterocycles. The monoisotopic (exact) mass is 142 g/mol. The first-order valence-corrected chi connectivity index (χ1v) is 4.97. The minimum atomic E-state index is -0.0567. The SMILES string of the molecule is C[p+]1csc(C#N)c1. The summed E-state index contributed by atoms with van der Waals surface area (Å²) >= 11 is 1.55. The van der Waals surface area contributed by atoms with E-state index >= 15 is 0 Å². The average molecular weight is 142 g/mol. The van der Waals surface area contributed by atoms with Gasteiger partial charge in [0.05, 0.1) is 0 Å². The van der Waals surface area contributed by atoms with Crippen molar-refractivity contribution in [2.45, 2.75) is 0 Å². The fourth-order valence-electron chi connectivity index (χ4n) is 0.441. The van der Waals surface area contributed by atoms with E-state index in [2.05, 4.69) is 17.8 Å². The molecule has 0 aliphatic carbocycles. The molecule has 8 heavy (non-hydrogen) atoms. The summed E-state index contributed by atoms with van der Waals surface area (Å²) in [6, 6.07) is 2.10. The second-order valence-electron chi connectivity index (χ2n) is 1.49. The van der Waals surface area contributed by atoms with E-state index < -0.39 is 0 Å². The van der Waals surface area contributed by atoms with E-state index in [1.54, 1.807) is 11.3 Å². The van der Waals surface area contributed by atoms with Gasteiger partial charge in [0, 0.05) is 0 Å². The first kappa shape index (κ1) is 5.75. The lowest BCUT2D eigenvalue weighted by atomic mass is 10.7. The van der Waals surface area contributed by atoms with Gasteiger partial charge in [-0.25, -0.2) is 0 Å². The van der Waals surface area contributed by atoms with Crippen molar-refractivity contribution in [3.05, 3.63) is 15.8 Å². The van der Waals surface area contributed by atoms with Crippen LogP contribution in [0.15, 0.2) is 10.9 Å². The van der Waals surface area contributed by atoms with E-state index in [9.17, 15) is 0 Å². The quantitative estimate of drug-likeness (QED) is 0.545. The topological polar surface area (TPSA) is 23.8 Å². The lowest BCUT2D eigenvalue weighted by molar-refractivity contribution is 1.53. The summed E-state index contributed by atoms with van der Waals surface area (Å²) in [6.07, 6.45) is 0. The van der Waals surface area contributed by atoms with Crippen LogP contribution in [-0.4, -0.2) is 0 Å². The molecular formula is C5H5NPS+. The molecule has 1 heterocycles. The molecule has 0 amide bonds. The van der Waals surface area contributed by atoms with E-state index in [0.717, 1.165) is 4.88 Å². The van der Waals surface area contributed by atoms with Crippen molar-refractivity contribution in [2.24, 2.45) is 6.66 Å². The van der Waals surface area contributed by atoms with Gasteiger partial charge in [0.15, 0.2) is 9.99 Å². The van der Waals surface area contributed by atoms with Crippen LogP contribution in [0, 0.1) is 11.3 Å². The number of hydrogen-bond acceptors (Lipinski definition) is 2. The molecule has 0 aromatic carbocycles. The molecule has 1 unspecified atom stereocenters. The Kier molecular flexibility index (Phi) is 1.62. The molecule has 1 aromatic rings. The number of rotatable bonds is 0. The normalized spacial score (nSPS) is 10.8. The highest BCUT2D eigenvalue weighted by Crippen LogP contribution is 2.28. The van der Waals surface area contributed by atoms with Gasteiger partial charge in [0.1, 0.15) is 26.1 Å². The predicted octanol–water partition coefficient (Wildman–Crippen LogP) is 2.42. The highest BCUT2D eigenvalue weighted by Gasteiger charge is 2.00. The first-order valence-electron chi connectivity index (χ1n) is 2.17. The predicted molar refractivity (Wildman–Crippen MR) is 37.1 cm³/mol. The molecule has 1 atom stereocenters. The Balaban J connectivity index is 3.05. The number of nitrogens with zero attached hydrogens (tertiary/aromatic N) is 1. The van der Waals surface area contributed by atoms with Crippen LogP contribution < -0.4 is 0 Å². The van der Waals surface area contributed by atoms with E-state index in [4.69, 9.17) is 5.26 Å². The van der Waals surface area contributed by atoms with Gasteiger partial charge in [0.2, 0.25) is 0 Å². The van der Waals surface area contributed by atoms with Gasteiger partial charge < -0.3 is 0 Å². The molecule has 0 aliphatic heterocycles. The molecule has 0 fully saturated rings. The smallest absolute Gasteiger partial charge is 0.167 e. The van der Waals surface area contributed by atoms with E-state index in [0.29, 0.717) is 0 Å². The Morgan fingerprint density at radius 2 is 2.62 bits per heavy atom. The lowest BCUT2D eigenvalue weighted by Gasteiger charge is -1.58. The van der Waals surface area contributed by atoms with Gasteiger partial charge in [0.25, 0.3) is 0 Å². The number of aryl methyl sites for hydroxylation is 1. The molecule has 1 nitrogen and oxygen atoms in total. The van der Waals surface area contributed by atoms with Crippen LogP contribution in [0.1, 0.15) is 4.88 Å². The molecule has 1 aromatic heterocycles. The summed E-state index contributed by atoms with van der Waals surface area (Å²) in [5.74, 6) is 2.03. The molecule has 3 heteroatoms. The van der Waals surface area contributed by atoms with Crippen molar-refractivity contribution in [2.75, 3.05) is 0 Å². The van der Waals surface area contributed by atoms with E-state index in [-0.39, 0.29) is 7.53 Å². The van der Waals surface area contributed by atoms with E-state index in [1.165, 1.54) is 0 Å². The minimum absolute atomic E-state index is 0.0567. The fourth-order valence-corrected chi connectivity index (χ4v) is 3.03. The van der Waals surface area contributed by atoms with Crippen molar-refractivity contribution in [1.82, 2.24) is 0 Å². The van der Waals surface area contributed by atoms with Crippen molar-refractivity contribution in [3.8, 4) is 6.07 Å². The molecule has 1 rings (SSSR count). The molecule has 0 aliphatic rings. The zero-order valence-electron chi connectivity index (χ0n) is 4.46. The largest absolute Gasteiger partial charge is 0.191 e. The Morgan fingerprint density at radius 3 is 2.88 bits per heavy atom. The zero-order valence-corrected chi connectivity index (χ0v) is 6.17. The van der Waals surface area contributed by atoms with Gasteiger partial charge in [-0.2, -0.15) is 5.26 Å². The molecule has 0 radical (unpaired) electrons. The minimum Gasteiger partial charge on any atom is -0.191 e. The second-order valence-corrected chi connectivity index (χ2v) is 4.60. The third-order valence-electron chi connectivity index (χ3n) is 0.777. The molecule has 0 bridgehead atoms. The van der Waals surface area contributed by atoms with Gasteiger partial charge in [-0.1, -0.05) is 11.3 Å². The molecular weight excluding hydrogens is 137 g/mol. The molecule has 0 spiro atoms. The third kappa shape index (κ3) is 1.06. The third-order valence-corrected chi connectivity index (χ3v) is 3.83. The van der Waals surface area contributed by atoms with Gasteiger partial charge in [-0.05, 0) is 0 Å². The van der Waals surface area contributed by atoms with Crippen LogP contribution in [0.3, 0.4) is 0 Å². The van der Waals surface area contributed by atoms with Crippen LogP contribution in [0.5, 0.6) is 0 Å². The maximum absolute atomic E-state index is 8.34.